The van der Waals surface area contributed by atoms with Crippen LogP contribution in [0.1, 0.15) is 34.5 Å². The molecule has 1 fully saturated rings. The quantitative estimate of drug-likeness (QED) is 0.239. The number of benzene rings is 1. The second-order valence-electron chi connectivity index (χ2n) is 8.18. The Balaban J connectivity index is 1.44. The summed E-state index contributed by atoms with van der Waals surface area (Å²) < 4.78 is 42.3. The predicted octanol–water partition coefficient (Wildman–Crippen LogP) is 1.47. The van der Waals surface area contributed by atoms with E-state index in [0.29, 0.717) is 23.0 Å². The van der Waals surface area contributed by atoms with Crippen molar-refractivity contribution in [1.82, 2.24) is 19.7 Å². The Hall–Kier alpha value is -2.53. The van der Waals surface area contributed by atoms with E-state index >= 15 is 0 Å². The van der Waals surface area contributed by atoms with Gasteiger partial charge in [-0.15, -0.1) is 0 Å². The third kappa shape index (κ3) is 6.58. The molecule has 14 heteroatoms. The van der Waals surface area contributed by atoms with Crippen molar-refractivity contribution >= 4 is 44.5 Å². The summed E-state index contributed by atoms with van der Waals surface area (Å²) in [6, 6.07) is 6.05. The minimum absolute atomic E-state index is 0.186. The number of anilines is 1. The minimum Gasteiger partial charge on any atom is -0.393 e. The molecule has 4 N–H and O–H groups in total. The first-order valence-corrected chi connectivity index (χ1v) is 13.1. The van der Waals surface area contributed by atoms with E-state index in [2.05, 4.69) is 24.6 Å². The molecular formula is C21H22FIN6O5S. The Kier molecular flexibility index (Phi) is 7.75. The van der Waals surface area contributed by atoms with E-state index in [-0.39, 0.29) is 35.5 Å². The molecule has 0 amide bonds. The lowest BCUT2D eigenvalue weighted by molar-refractivity contribution is 0.101. The highest BCUT2D eigenvalue weighted by Gasteiger charge is 2.34. The van der Waals surface area contributed by atoms with Gasteiger partial charge in [-0.2, -0.15) is 13.5 Å². The zero-order valence-electron chi connectivity index (χ0n) is 18.2. The van der Waals surface area contributed by atoms with E-state index in [1.807, 2.05) is 22.6 Å². The third-order valence-corrected chi connectivity index (χ3v) is 6.89. The molecule has 1 aliphatic carbocycles. The Morgan fingerprint density at radius 2 is 2.14 bits per heavy atom. The Morgan fingerprint density at radius 3 is 2.89 bits per heavy atom. The molecular weight excluding hydrogens is 594 g/mol. The van der Waals surface area contributed by atoms with Gasteiger partial charge >= 0.3 is 10.3 Å². The number of aromatic nitrogens is 4. The molecule has 1 aliphatic rings. The molecule has 4 rings (SSSR count). The van der Waals surface area contributed by atoms with Gasteiger partial charge in [-0.3, -0.25) is 13.7 Å². The molecule has 0 bridgehead atoms. The van der Waals surface area contributed by atoms with Crippen molar-refractivity contribution in [2.24, 2.45) is 11.1 Å². The monoisotopic (exact) mass is 616 g/mol. The van der Waals surface area contributed by atoms with Crippen LogP contribution in [0.2, 0.25) is 0 Å². The van der Waals surface area contributed by atoms with Gasteiger partial charge in [-0.25, -0.2) is 19.5 Å². The maximum absolute atomic E-state index is 13.5. The van der Waals surface area contributed by atoms with Crippen LogP contribution in [-0.2, 0) is 21.0 Å². The van der Waals surface area contributed by atoms with Crippen LogP contribution in [-0.4, -0.2) is 57.8 Å². The van der Waals surface area contributed by atoms with E-state index < -0.39 is 28.1 Å². The summed E-state index contributed by atoms with van der Waals surface area (Å²) in [5.74, 6) is -0.865. The van der Waals surface area contributed by atoms with Crippen LogP contribution in [0.5, 0.6) is 0 Å². The average molecular weight is 616 g/mol. The normalized spacial score (nSPS) is 20.2. The SMILES string of the molecule is NS(=O)(=O)OC[C@H]1C[C@@H](Nc2ncncc2C(=O)c2ccn(Cc3ccc(F)c(I)c3)n2)C[C@@H]1O. The number of carbonyl (C=O) groups is 1. The van der Waals surface area contributed by atoms with Gasteiger partial charge in [0.1, 0.15) is 23.7 Å². The van der Waals surface area contributed by atoms with Crippen molar-refractivity contribution in [3.63, 3.8) is 0 Å². The maximum atomic E-state index is 13.5. The number of rotatable bonds is 9. The van der Waals surface area contributed by atoms with Crippen LogP contribution in [0.4, 0.5) is 10.2 Å². The third-order valence-electron chi connectivity index (χ3n) is 5.60. The van der Waals surface area contributed by atoms with Gasteiger partial charge in [0.25, 0.3) is 0 Å². The second-order valence-corrected chi connectivity index (χ2v) is 10.6. The van der Waals surface area contributed by atoms with E-state index in [1.54, 1.807) is 29.1 Å². The van der Waals surface area contributed by atoms with E-state index in [9.17, 15) is 22.7 Å². The van der Waals surface area contributed by atoms with Crippen molar-refractivity contribution in [2.75, 3.05) is 11.9 Å². The molecule has 3 atom stereocenters. The molecule has 2 aromatic heterocycles. The smallest absolute Gasteiger partial charge is 0.333 e. The number of aliphatic hydroxyl groups is 1. The minimum atomic E-state index is -4.10. The molecule has 3 aromatic rings. The molecule has 186 valence electrons. The zero-order valence-corrected chi connectivity index (χ0v) is 21.2. The molecule has 0 saturated heterocycles. The molecule has 0 unspecified atom stereocenters. The van der Waals surface area contributed by atoms with Crippen LogP contribution >= 0.6 is 22.6 Å². The summed E-state index contributed by atoms with van der Waals surface area (Å²) in [5, 5.41) is 22.6. The fraction of sp³-hybridized carbons (Fsp3) is 0.333. The summed E-state index contributed by atoms with van der Waals surface area (Å²) in [6.45, 7) is 0.125. The highest BCUT2D eigenvalue weighted by atomic mass is 127. The second kappa shape index (κ2) is 10.6. The molecule has 2 heterocycles. The van der Waals surface area contributed by atoms with Gasteiger partial charge in [-0.1, -0.05) is 6.07 Å². The number of nitrogens with one attached hydrogen (secondary N) is 1. The number of carbonyl (C=O) groups excluding carboxylic acids is 1. The highest BCUT2D eigenvalue weighted by molar-refractivity contribution is 14.1. The van der Waals surface area contributed by atoms with Crippen LogP contribution in [0.25, 0.3) is 0 Å². The lowest BCUT2D eigenvalue weighted by Gasteiger charge is -2.15. The number of nitrogens with zero attached hydrogens (tertiary/aromatic N) is 4. The van der Waals surface area contributed by atoms with E-state index in [1.165, 1.54) is 18.6 Å². The summed E-state index contributed by atoms with van der Waals surface area (Å²) in [6.07, 6.45) is 4.22. The summed E-state index contributed by atoms with van der Waals surface area (Å²) in [4.78, 5) is 21.3. The number of hydrogen-bond acceptors (Lipinski definition) is 9. The number of nitrogens with two attached hydrogens (primary N) is 1. The number of hydrogen-bond donors (Lipinski definition) is 3. The van der Waals surface area contributed by atoms with E-state index in [0.717, 1.165) is 5.56 Å². The number of ketones is 1. The Bertz CT molecular complexity index is 1340. The van der Waals surface area contributed by atoms with Gasteiger partial charge < -0.3 is 10.4 Å². The first-order chi connectivity index (χ1) is 16.6. The van der Waals surface area contributed by atoms with Crippen molar-refractivity contribution < 1.29 is 26.9 Å². The fourth-order valence-corrected chi connectivity index (χ4v) is 4.86. The summed E-state index contributed by atoms with van der Waals surface area (Å²) >= 11 is 1.92. The van der Waals surface area contributed by atoms with Crippen molar-refractivity contribution in [3.8, 4) is 0 Å². The van der Waals surface area contributed by atoms with Crippen molar-refractivity contribution in [3.05, 3.63) is 69.2 Å². The van der Waals surface area contributed by atoms with Crippen LogP contribution in [0, 0.1) is 15.3 Å². The standard InChI is InChI=1S/C21H22FIN6O5S/c22-16-2-1-12(5-17(16)23)9-29-4-3-18(28-29)20(31)15-8-25-11-26-21(15)27-14-6-13(19(30)7-14)10-34-35(24,32)33/h1-5,8,11,13-14,19,30H,6-7,9-10H2,(H2,24,32,33)(H,25,26,27)/t13-,14-,19+/m1/s1. The Labute approximate surface area is 214 Å². The first kappa shape index (κ1) is 25.6. The molecule has 1 aromatic carbocycles. The van der Waals surface area contributed by atoms with E-state index in [4.69, 9.17) is 5.14 Å². The van der Waals surface area contributed by atoms with Crippen molar-refractivity contribution in [2.45, 2.75) is 31.5 Å². The van der Waals surface area contributed by atoms with Gasteiger partial charge in [0.15, 0.2) is 0 Å². The molecule has 11 nitrogen and oxygen atoms in total. The van der Waals surface area contributed by atoms with Gasteiger partial charge in [0.2, 0.25) is 5.78 Å². The topological polar surface area (TPSA) is 162 Å². The predicted molar refractivity (Wildman–Crippen MR) is 131 cm³/mol. The molecule has 0 spiro atoms. The number of halogens is 2. The van der Waals surface area contributed by atoms with Crippen LogP contribution in [0.3, 0.4) is 0 Å². The number of aliphatic hydroxyl groups excluding tert-OH is 1. The van der Waals surface area contributed by atoms with Crippen LogP contribution in [0.15, 0.2) is 43.0 Å². The molecule has 1 saturated carbocycles. The van der Waals surface area contributed by atoms with Gasteiger partial charge in [-0.05, 0) is 59.2 Å². The van der Waals surface area contributed by atoms with Gasteiger partial charge in [0.05, 0.1) is 24.8 Å². The van der Waals surface area contributed by atoms with Gasteiger partial charge in [0, 0.05) is 27.9 Å². The lowest BCUT2D eigenvalue weighted by atomic mass is 10.1. The molecule has 0 aliphatic heterocycles. The van der Waals surface area contributed by atoms with Crippen LogP contribution < -0.4 is 10.5 Å². The lowest BCUT2D eigenvalue weighted by Crippen LogP contribution is -2.24. The highest BCUT2D eigenvalue weighted by Crippen LogP contribution is 2.30. The van der Waals surface area contributed by atoms with Crippen molar-refractivity contribution in [1.29, 1.82) is 0 Å². The summed E-state index contributed by atoms with van der Waals surface area (Å²) in [5.41, 5.74) is 1.22. The Morgan fingerprint density at radius 1 is 1.34 bits per heavy atom. The largest absolute Gasteiger partial charge is 0.393 e. The maximum Gasteiger partial charge on any atom is 0.333 e. The average Bonchev–Trinajstić information content (AvgIpc) is 3.40. The molecule has 0 radical (unpaired) electrons. The molecule has 35 heavy (non-hydrogen) atoms. The first-order valence-electron chi connectivity index (χ1n) is 10.5. The summed E-state index contributed by atoms with van der Waals surface area (Å²) in [7, 11) is -4.10. The fourth-order valence-electron chi connectivity index (χ4n) is 3.92. The zero-order chi connectivity index (χ0) is 25.2.